The number of esters is 1. The lowest BCUT2D eigenvalue weighted by Crippen LogP contribution is -2.31. The lowest BCUT2D eigenvalue weighted by Gasteiger charge is -2.05. The van der Waals surface area contributed by atoms with Gasteiger partial charge in [0.1, 0.15) is 22.1 Å². The van der Waals surface area contributed by atoms with Crippen LogP contribution in [0.15, 0.2) is 20.7 Å². The minimum absolute atomic E-state index is 0.204. The quantitative estimate of drug-likeness (QED) is 0.429. The third-order valence-electron chi connectivity index (χ3n) is 5.37. The first kappa shape index (κ1) is 21.7. The number of imidazole rings is 1. The molecule has 1 N–H and O–H groups in total. The van der Waals surface area contributed by atoms with Gasteiger partial charge in [0.15, 0.2) is 11.2 Å². The van der Waals surface area contributed by atoms with E-state index in [4.69, 9.17) is 4.74 Å². The van der Waals surface area contributed by atoms with Crippen molar-refractivity contribution in [2.45, 2.75) is 39.8 Å². The van der Waals surface area contributed by atoms with E-state index in [1.54, 1.807) is 21.0 Å². The molecule has 0 spiro atoms. The molecule has 12 heteroatoms. The summed E-state index contributed by atoms with van der Waals surface area (Å²) < 4.78 is 9.73. The van der Waals surface area contributed by atoms with Crippen LogP contribution in [-0.4, -0.2) is 34.6 Å². The Hall–Kier alpha value is -3.54. The number of nitrogens with one attached hydrogen (secondary N) is 1. The second kappa shape index (κ2) is 8.19. The number of rotatable bonds is 6. The van der Waals surface area contributed by atoms with Crippen LogP contribution in [0.4, 0.5) is 0 Å². The largest absolute Gasteiger partial charge is 0.453 e. The van der Waals surface area contributed by atoms with E-state index >= 15 is 0 Å². The third-order valence-corrected chi connectivity index (χ3v) is 6.55. The SMILES string of the molecule is CCCCn1c(=O)[nH]c(=O)c2c1nc(COC(=O)c1sc3ncn(C)c(=O)c3c1C)n2C. The van der Waals surface area contributed by atoms with Gasteiger partial charge in [-0.3, -0.25) is 19.1 Å². The standard InChI is InChI=1S/C20H22N6O5S/c1-5-6-7-26-15-13(16(27)23-20(26)30)25(4)11(22-15)8-31-19(29)14-10(2)12-17(32-14)21-9-24(3)18(12)28/h9H,5-8H2,1-4H3,(H,23,27,30). The summed E-state index contributed by atoms with van der Waals surface area (Å²) in [5.74, 6) is -0.292. The van der Waals surface area contributed by atoms with Crippen molar-refractivity contribution in [1.29, 1.82) is 0 Å². The summed E-state index contributed by atoms with van der Waals surface area (Å²) in [4.78, 5) is 61.4. The molecule has 32 heavy (non-hydrogen) atoms. The maximum atomic E-state index is 12.8. The Kier molecular flexibility index (Phi) is 5.55. The van der Waals surface area contributed by atoms with E-state index in [-0.39, 0.29) is 28.2 Å². The van der Waals surface area contributed by atoms with Gasteiger partial charge in [-0.05, 0) is 18.9 Å². The van der Waals surface area contributed by atoms with Crippen molar-refractivity contribution >= 4 is 38.7 Å². The van der Waals surface area contributed by atoms with Gasteiger partial charge in [0.25, 0.3) is 11.1 Å². The van der Waals surface area contributed by atoms with Gasteiger partial charge in [0.05, 0.1) is 11.7 Å². The van der Waals surface area contributed by atoms with Crippen molar-refractivity contribution in [3.8, 4) is 0 Å². The van der Waals surface area contributed by atoms with Gasteiger partial charge < -0.3 is 13.9 Å². The van der Waals surface area contributed by atoms with E-state index in [2.05, 4.69) is 15.0 Å². The van der Waals surface area contributed by atoms with Crippen LogP contribution in [0.25, 0.3) is 21.4 Å². The van der Waals surface area contributed by atoms with Crippen molar-refractivity contribution in [1.82, 2.24) is 28.7 Å². The van der Waals surface area contributed by atoms with Crippen LogP contribution >= 0.6 is 11.3 Å². The van der Waals surface area contributed by atoms with Crippen LogP contribution in [-0.2, 0) is 32.0 Å². The minimum atomic E-state index is -0.614. The monoisotopic (exact) mass is 458 g/mol. The second-order valence-electron chi connectivity index (χ2n) is 7.50. The zero-order valence-electron chi connectivity index (χ0n) is 18.1. The first-order valence-electron chi connectivity index (χ1n) is 10.0. The topological polar surface area (TPSA) is 134 Å². The van der Waals surface area contributed by atoms with Crippen LogP contribution in [0.3, 0.4) is 0 Å². The fourth-order valence-corrected chi connectivity index (χ4v) is 4.58. The average Bonchev–Trinajstić information content (AvgIpc) is 3.26. The molecular weight excluding hydrogens is 436 g/mol. The average molecular weight is 459 g/mol. The number of aromatic amines is 1. The Bertz CT molecular complexity index is 1540. The molecule has 168 valence electrons. The molecule has 0 fully saturated rings. The molecule has 0 atom stereocenters. The lowest BCUT2D eigenvalue weighted by molar-refractivity contribution is 0.0465. The molecule has 4 heterocycles. The lowest BCUT2D eigenvalue weighted by atomic mass is 10.2. The van der Waals surface area contributed by atoms with Crippen LogP contribution in [0, 0.1) is 6.92 Å². The maximum Gasteiger partial charge on any atom is 0.349 e. The van der Waals surface area contributed by atoms with Crippen LogP contribution in [0.1, 0.15) is 40.8 Å². The molecule has 11 nitrogen and oxygen atoms in total. The Morgan fingerprint density at radius 3 is 2.72 bits per heavy atom. The number of fused-ring (bicyclic) bond motifs is 2. The fraction of sp³-hybridized carbons (Fsp3) is 0.400. The number of aromatic nitrogens is 6. The molecule has 0 unspecified atom stereocenters. The zero-order valence-corrected chi connectivity index (χ0v) is 18.9. The number of hydrogen-bond donors (Lipinski definition) is 1. The highest BCUT2D eigenvalue weighted by Crippen LogP contribution is 2.27. The van der Waals surface area contributed by atoms with Crippen LogP contribution < -0.4 is 16.8 Å². The summed E-state index contributed by atoms with van der Waals surface area (Å²) >= 11 is 1.09. The summed E-state index contributed by atoms with van der Waals surface area (Å²) in [6, 6.07) is 0. The zero-order chi connectivity index (χ0) is 23.2. The molecule has 0 aromatic carbocycles. The van der Waals surface area contributed by atoms with Crippen molar-refractivity contribution < 1.29 is 9.53 Å². The van der Waals surface area contributed by atoms with Gasteiger partial charge in [-0.2, -0.15) is 0 Å². The third kappa shape index (κ3) is 3.45. The number of unbranched alkanes of at least 4 members (excludes halogenated alkanes) is 1. The highest BCUT2D eigenvalue weighted by molar-refractivity contribution is 7.20. The molecule has 0 amide bonds. The number of ether oxygens (including phenoxy) is 1. The number of thiophene rings is 1. The Morgan fingerprint density at radius 2 is 2.00 bits per heavy atom. The second-order valence-corrected chi connectivity index (χ2v) is 8.50. The summed E-state index contributed by atoms with van der Waals surface area (Å²) in [5.41, 5.74) is -0.301. The van der Waals surface area contributed by atoms with Gasteiger partial charge in [0, 0.05) is 20.6 Å². The van der Waals surface area contributed by atoms with E-state index in [1.165, 1.54) is 20.0 Å². The van der Waals surface area contributed by atoms with E-state index in [1.807, 2.05) is 6.92 Å². The molecule has 0 saturated heterocycles. The van der Waals surface area contributed by atoms with Gasteiger partial charge in [-0.15, -0.1) is 11.3 Å². The molecule has 0 aliphatic rings. The number of hydrogen-bond acceptors (Lipinski definition) is 8. The van der Waals surface area contributed by atoms with Gasteiger partial charge in [0.2, 0.25) is 0 Å². The number of carbonyl (C=O) groups excluding carboxylic acids is 1. The molecule has 0 bridgehead atoms. The Labute approximate surface area is 184 Å². The van der Waals surface area contributed by atoms with Gasteiger partial charge >= 0.3 is 11.7 Å². The highest BCUT2D eigenvalue weighted by Gasteiger charge is 2.22. The summed E-state index contributed by atoms with van der Waals surface area (Å²) in [6.07, 6.45) is 3.03. The molecule has 4 aromatic rings. The minimum Gasteiger partial charge on any atom is -0.453 e. The molecule has 0 saturated carbocycles. The van der Waals surface area contributed by atoms with Gasteiger partial charge in [-0.1, -0.05) is 13.3 Å². The van der Waals surface area contributed by atoms with Crippen LogP contribution in [0.2, 0.25) is 0 Å². The first-order valence-corrected chi connectivity index (χ1v) is 10.9. The highest BCUT2D eigenvalue weighted by atomic mass is 32.1. The van der Waals surface area contributed by atoms with Crippen molar-refractivity contribution in [2.75, 3.05) is 0 Å². The Balaban J connectivity index is 1.67. The Morgan fingerprint density at radius 1 is 1.25 bits per heavy atom. The maximum absolute atomic E-state index is 12.8. The molecular formula is C20H22N6O5S. The molecule has 4 rings (SSSR count). The number of aryl methyl sites for hydroxylation is 4. The van der Waals surface area contributed by atoms with Crippen molar-refractivity contribution in [3.63, 3.8) is 0 Å². The van der Waals surface area contributed by atoms with E-state index in [0.717, 1.165) is 24.2 Å². The van der Waals surface area contributed by atoms with Crippen molar-refractivity contribution in [3.05, 3.63) is 53.8 Å². The summed E-state index contributed by atoms with van der Waals surface area (Å²) in [5, 5.41) is 0.390. The molecule has 4 aromatic heterocycles. The molecule has 0 aliphatic carbocycles. The molecule has 0 aliphatic heterocycles. The predicted molar refractivity (Wildman–Crippen MR) is 119 cm³/mol. The van der Waals surface area contributed by atoms with E-state index < -0.39 is 17.2 Å². The van der Waals surface area contributed by atoms with Gasteiger partial charge in [-0.25, -0.2) is 19.6 Å². The van der Waals surface area contributed by atoms with Crippen molar-refractivity contribution in [2.24, 2.45) is 14.1 Å². The fourth-order valence-electron chi connectivity index (χ4n) is 3.54. The van der Waals surface area contributed by atoms with E-state index in [9.17, 15) is 19.2 Å². The van der Waals surface area contributed by atoms with E-state index in [0.29, 0.717) is 28.1 Å². The summed E-state index contributed by atoms with van der Waals surface area (Å²) in [7, 11) is 3.22. The summed E-state index contributed by atoms with van der Waals surface area (Å²) in [6.45, 7) is 3.89. The number of H-pyrrole nitrogens is 1. The molecule has 0 radical (unpaired) electrons. The van der Waals surface area contributed by atoms with Crippen LogP contribution in [0.5, 0.6) is 0 Å². The number of nitrogens with zero attached hydrogens (tertiary/aromatic N) is 5. The number of carbonyl (C=O) groups is 1. The first-order chi connectivity index (χ1) is 15.2. The normalized spacial score (nSPS) is 11.5. The predicted octanol–water partition coefficient (Wildman–Crippen LogP) is 1.20. The smallest absolute Gasteiger partial charge is 0.349 e.